The number of nitrogens with zero attached hydrogens (tertiary/aromatic N) is 4. The van der Waals surface area contributed by atoms with E-state index in [-0.39, 0.29) is 18.6 Å². The van der Waals surface area contributed by atoms with Gasteiger partial charge in [-0.2, -0.15) is 0 Å². The zero-order valence-corrected chi connectivity index (χ0v) is 21.3. The van der Waals surface area contributed by atoms with E-state index in [0.717, 1.165) is 31.4 Å². The average Bonchev–Trinajstić information content (AvgIpc) is 3.38. The molecule has 1 saturated heterocycles. The minimum atomic E-state index is -0.137. The van der Waals surface area contributed by atoms with Crippen molar-refractivity contribution in [3.8, 4) is 23.0 Å². The summed E-state index contributed by atoms with van der Waals surface area (Å²) in [5.41, 5.74) is 2.28. The second-order valence-corrected chi connectivity index (χ2v) is 9.25. The van der Waals surface area contributed by atoms with Crippen molar-refractivity contribution in [1.82, 2.24) is 25.2 Å². The molecule has 5 rings (SSSR count). The number of amides is 1. The van der Waals surface area contributed by atoms with Gasteiger partial charge in [0, 0.05) is 30.3 Å². The summed E-state index contributed by atoms with van der Waals surface area (Å²) >= 11 is 0. The zero-order chi connectivity index (χ0) is 25.6. The van der Waals surface area contributed by atoms with Gasteiger partial charge in [0.25, 0.3) is 5.91 Å². The number of ether oxygens (including phenoxy) is 4. The normalized spacial score (nSPS) is 19.0. The van der Waals surface area contributed by atoms with Crippen LogP contribution in [0.25, 0.3) is 0 Å². The van der Waals surface area contributed by atoms with E-state index in [9.17, 15) is 4.79 Å². The topological polar surface area (TPSA) is 100.0 Å². The number of carbonyl (C=O) groups excluding carboxylic acids is 1. The van der Waals surface area contributed by atoms with Gasteiger partial charge in [0.2, 0.25) is 0 Å². The molecule has 1 unspecified atom stereocenters. The Hall–Kier alpha value is -3.79. The number of benzene rings is 2. The van der Waals surface area contributed by atoms with E-state index in [1.165, 1.54) is 0 Å². The summed E-state index contributed by atoms with van der Waals surface area (Å²) in [6, 6.07) is 11.4. The summed E-state index contributed by atoms with van der Waals surface area (Å²) in [6.45, 7) is 3.28. The maximum atomic E-state index is 13.1. The Morgan fingerprint density at radius 2 is 1.95 bits per heavy atom. The fraction of sp³-hybridized carbons (Fsp3) is 0.444. The van der Waals surface area contributed by atoms with E-state index in [2.05, 4.69) is 26.6 Å². The van der Waals surface area contributed by atoms with Crippen LogP contribution in [0.15, 0.2) is 42.6 Å². The molecule has 3 heterocycles. The SMILES string of the molecule is COc1ccc2cc1OCCn1cc(nn1)COc1c(cccc1OC)CN1CCCCC1CNC2=O. The van der Waals surface area contributed by atoms with Crippen molar-refractivity contribution in [2.75, 3.05) is 33.9 Å². The van der Waals surface area contributed by atoms with Crippen molar-refractivity contribution < 1.29 is 23.7 Å². The first kappa shape index (κ1) is 24.9. The van der Waals surface area contributed by atoms with Gasteiger partial charge in [-0.05, 0) is 43.7 Å². The standard InChI is InChI=1S/C27H33N5O5/c1-34-23-10-9-19-14-25(23)36-13-12-32-17-21(29-30-32)18-37-26-20(6-5-8-24(26)35-2)16-31-11-4-3-7-22(31)15-28-27(19)33/h5-6,8-10,14,17,22H,3-4,7,11-13,15-16,18H2,1-2H3,(H,28,33). The van der Waals surface area contributed by atoms with E-state index < -0.39 is 0 Å². The minimum Gasteiger partial charge on any atom is -0.493 e. The van der Waals surface area contributed by atoms with Crippen LogP contribution >= 0.6 is 0 Å². The smallest absolute Gasteiger partial charge is 0.251 e. The fourth-order valence-corrected chi connectivity index (χ4v) is 4.88. The molecule has 37 heavy (non-hydrogen) atoms. The molecule has 196 valence electrons. The van der Waals surface area contributed by atoms with Crippen LogP contribution in [0.2, 0.25) is 0 Å². The van der Waals surface area contributed by atoms with Gasteiger partial charge >= 0.3 is 0 Å². The molecule has 10 heteroatoms. The molecule has 0 aliphatic carbocycles. The molecule has 2 aliphatic rings. The molecule has 1 aromatic heterocycles. The number of hydrogen-bond donors (Lipinski definition) is 1. The molecule has 0 saturated carbocycles. The van der Waals surface area contributed by atoms with Crippen molar-refractivity contribution >= 4 is 5.91 Å². The maximum Gasteiger partial charge on any atom is 0.251 e. The predicted octanol–water partition coefficient (Wildman–Crippen LogP) is 3.05. The summed E-state index contributed by atoms with van der Waals surface area (Å²) in [5, 5.41) is 11.6. The van der Waals surface area contributed by atoms with Crippen LogP contribution in [0.1, 0.15) is 40.9 Å². The predicted molar refractivity (Wildman–Crippen MR) is 136 cm³/mol. The summed E-state index contributed by atoms with van der Waals surface area (Å²) in [5.74, 6) is 2.33. The van der Waals surface area contributed by atoms with E-state index in [1.807, 2.05) is 18.3 Å². The van der Waals surface area contributed by atoms with E-state index >= 15 is 0 Å². The summed E-state index contributed by atoms with van der Waals surface area (Å²) < 4.78 is 25.0. The Kier molecular flexibility index (Phi) is 7.74. The van der Waals surface area contributed by atoms with Crippen LogP contribution in [0.4, 0.5) is 0 Å². The number of fused-ring (bicyclic) bond motifs is 6. The van der Waals surface area contributed by atoms with Gasteiger partial charge in [-0.15, -0.1) is 5.10 Å². The first-order chi connectivity index (χ1) is 18.1. The first-order valence-electron chi connectivity index (χ1n) is 12.7. The number of rotatable bonds is 2. The highest BCUT2D eigenvalue weighted by atomic mass is 16.5. The third-order valence-corrected chi connectivity index (χ3v) is 6.86. The van der Waals surface area contributed by atoms with Crippen LogP contribution in [-0.2, 0) is 19.7 Å². The molecule has 1 fully saturated rings. The highest BCUT2D eigenvalue weighted by molar-refractivity contribution is 5.94. The largest absolute Gasteiger partial charge is 0.493 e. The van der Waals surface area contributed by atoms with Gasteiger partial charge in [-0.1, -0.05) is 23.8 Å². The second-order valence-electron chi connectivity index (χ2n) is 9.25. The van der Waals surface area contributed by atoms with Crippen molar-refractivity contribution in [3.63, 3.8) is 0 Å². The number of piperidine rings is 1. The maximum absolute atomic E-state index is 13.1. The van der Waals surface area contributed by atoms with Crippen molar-refractivity contribution in [2.24, 2.45) is 0 Å². The van der Waals surface area contributed by atoms with Gasteiger partial charge < -0.3 is 24.3 Å². The van der Waals surface area contributed by atoms with Crippen LogP contribution in [0, 0.1) is 0 Å². The lowest BCUT2D eigenvalue weighted by Gasteiger charge is -2.36. The van der Waals surface area contributed by atoms with Crippen molar-refractivity contribution in [1.29, 1.82) is 0 Å². The van der Waals surface area contributed by atoms with Gasteiger partial charge in [-0.3, -0.25) is 9.69 Å². The summed E-state index contributed by atoms with van der Waals surface area (Å²) in [6.07, 6.45) is 5.11. The fourth-order valence-electron chi connectivity index (χ4n) is 4.88. The highest BCUT2D eigenvalue weighted by Gasteiger charge is 2.25. The lowest BCUT2D eigenvalue weighted by atomic mass is 10.0. The van der Waals surface area contributed by atoms with E-state index in [4.69, 9.17) is 18.9 Å². The molecular weight excluding hydrogens is 474 g/mol. The minimum absolute atomic E-state index is 0.137. The molecule has 10 nitrogen and oxygen atoms in total. The number of hydrogen-bond acceptors (Lipinski definition) is 8. The summed E-state index contributed by atoms with van der Waals surface area (Å²) in [7, 11) is 3.23. The Balaban J connectivity index is 1.45. The molecule has 2 aliphatic heterocycles. The van der Waals surface area contributed by atoms with Crippen LogP contribution < -0.4 is 24.3 Å². The van der Waals surface area contributed by atoms with Crippen molar-refractivity contribution in [3.05, 3.63) is 59.4 Å². The van der Waals surface area contributed by atoms with Crippen LogP contribution in [-0.4, -0.2) is 65.8 Å². The van der Waals surface area contributed by atoms with Gasteiger partial charge in [0.15, 0.2) is 23.0 Å². The monoisotopic (exact) mass is 507 g/mol. The third kappa shape index (κ3) is 5.80. The molecule has 2 aromatic carbocycles. The molecule has 1 atom stereocenters. The van der Waals surface area contributed by atoms with Crippen molar-refractivity contribution in [2.45, 2.75) is 45.0 Å². The first-order valence-corrected chi connectivity index (χ1v) is 12.7. The Bertz CT molecular complexity index is 1230. The average molecular weight is 508 g/mol. The quantitative estimate of drug-likeness (QED) is 0.565. The number of para-hydroxylation sites is 1. The number of carbonyl (C=O) groups is 1. The Labute approximate surface area is 216 Å². The van der Waals surface area contributed by atoms with Gasteiger partial charge in [0.1, 0.15) is 18.9 Å². The van der Waals surface area contributed by atoms with Gasteiger partial charge in [0.05, 0.1) is 27.0 Å². The van der Waals surface area contributed by atoms with E-state index in [0.29, 0.717) is 60.5 Å². The third-order valence-electron chi connectivity index (χ3n) is 6.86. The molecule has 1 N–H and O–H groups in total. The lowest BCUT2D eigenvalue weighted by Crippen LogP contribution is -2.46. The van der Waals surface area contributed by atoms with Gasteiger partial charge in [-0.25, -0.2) is 4.68 Å². The molecule has 0 spiro atoms. The number of aromatic nitrogens is 3. The van der Waals surface area contributed by atoms with E-state index in [1.54, 1.807) is 37.1 Å². The Morgan fingerprint density at radius 3 is 2.81 bits per heavy atom. The second kappa shape index (κ2) is 11.5. The van der Waals surface area contributed by atoms with Crippen LogP contribution in [0.3, 0.4) is 0 Å². The molecule has 4 bridgehead atoms. The Morgan fingerprint density at radius 1 is 1.05 bits per heavy atom. The highest BCUT2D eigenvalue weighted by Crippen LogP contribution is 2.34. The number of methoxy groups -OCH3 is 2. The number of nitrogens with one attached hydrogen (secondary N) is 1. The molecule has 0 radical (unpaired) electrons. The van der Waals surface area contributed by atoms with Crippen LogP contribution in [0.5, 0.6) is 23.0 Å². The molecular formula is C27H33N5O5. The summed E-state index contributed by atoms with van der Waals surface area (Å²) in [4.78, 5) is 15.5. The molecule has 3 aromatic rings. The lowest BCUT2D eigenvalue weighted by molar-refractivity contribution is 0.0905. The zero-order valence-electron chi connectivity index (χ0n) is 21.3. The molecule has 1 amide bonds.